The monoisotopic (exact) mass is 276 g/mol. The minimum atomic E-state index is 0.157. The molecule has 1 aromatic carbocycles. The third-order valence-electron chi connectivity index (χ3n) is 3.98. The first-order chi connectivity index (χ1) is 9.60. The van der Waals surface area contributed by atoms with Crippen LogP contribution in [0.25, 0.3) is 0 Å². The summed E-state index contributed by atoms with van der Waals surface area (Å²) in [6.45, 7) is 3.15. The van der Waals surface area contributed by atoms with E-state index in [9.17, 15) is 0 Å². The number of amidine groups is 1. The molecular formula is C15H24N4O. The van der Waals surface area contributed by atoms with E-state index in [1.807, 2.05) is 18.2 Å². The van der Waals surface area contributed by atoms with Crippen LogP contribution in [0.4, 0.5) is 0 Å². The zero-order valence-electron chi connectivity index (χ0n) is 12.3. The van der Waals surface area contributed by atoms with Gasteiger partial charge in [-0.2, -0.15) is 0 Å². The molecule has 1 aliphatic rings. The minimum absolute atomic E-state index is 0.157. The second-order valence-electron chi connectivity index (χ2n) is 5.66. The van der Waals surface area contributed by atoms with Crippen molar-refractivity contribution in [3.05, 3.63) is 35.4 Å². The van der Waals surface area contributed by atoms with Crippen LogP contribution in [-0.2, 0) is 6.54 Å². The number of benzene rings is 1. The Balaban J connectivity index is 1.95. The van der Waals surface area contributed by atoms with Gasteiger partial charge in [0.15, 0.2) is 5.84 Å². The Hall–Kier alpha value is -1.59. The number of likely N-dealkylation sites (tertiary alicyclic amines) is 1. The summed E-state index contributed by atoms with van der Waals surface area (Å²) >= 11 is 0. The molecule has 1 heterocycles. The molecule has 1 fully saturated rings. The van der Waals surface area contributed by atoms with Crippen LogP contribution in [-0.4, -0.2) is 54.1 Å². The van der Waals surface area contributed by atoms with Gasteiger partial charge in [-0.25, -0.2) is 0 Å². The molecular weight excluding hydrogens is 252 g/mol. The lowest BCUT2D eigenvalue weighted by atomic mass is 10.1. The highest BCUT2D eigenvalue weighted by atomic mass is 16.4. The smallest absolute Gasteiger partial charge is 0.170 e. The van der Waals surface area contributed by atoms with Crippen LogP contribution in [0.15, 0.2) is 29.4 Å². The lowest BCUT2D eigenvalue weighted by Gasteiger charge is -2.25. The molecule has 0 aromatic heterocycles. The van der Waals surface area contributed by atoms with E-state index in [1.54, 1.807) is 0 Å². The van der Waals surface area contributed by atoms with Crippen LogP contribution in [0.3, 0.4) is 0 Å². The first-order valence-corrected chi connectivity index (χ1v) is 7.06. The highest BCUT2D eigenvalue weighted by molar-refractivity contribution is 5.97. The van der Waals surface area contributed by atoms with Crippen molar-refractivity contribution in [3.8, 4) is 0 Å². The second-order valence-corrected chi connectivity index (χ2v) is 5.66. The SMILES string of the molecule is CN(Cc1cccc(C(N)=NO)c1)CC1CCCN1C. The molecule has 0 radical (unpaired) electrons. The van der Waals surface area contributed by atoms with Gasteiger partial charge in [-0.15, -0.1) is 0 Å². The maximum atomic E-state index is 8.73. The first kappa shape index (κ1) is 14.8. The van der Waals surface area contributed by atoms with Crippen molar-refractivity contribution in [2.75, 3.05) is 27.2 Å². The summed E-state index contributed by atoms with van der Waals surface area (Å²) in [5.74, 6) is 0.157. The van der Waals surface area contributed by atoms with Gasteiger partial charge in [0.05, 0.1) is 0 Å². The Morgan fingerprint density at radius 2 is 2.35 bits per heavy atom. The Labute approximate surface area is 120 Å². The van der Waals surface area contributed by atoms with Gasteiger partial charge in [0.2, 0.25) is 0 Å². The van der Waals surface area contributed by atoms with Gasteiger partial charge in [0.25, 0.3) is 0 Å². The fourth-order valence-corrected chi connectivity index (χ4v) is 2.83. The summed E-state index contributed by atoms with van der Waals surface area (Å²) in [6.07, 6.45) is 2.58. The number of hydrogen-bond acceptors (Lipinski definition) is 4. The summed E-state index contributed by atoms with van der Waals surface area (Å²) < 4.78 is 0. The van der Waals surface area contributed by atoms with Crippen LogP contribution in [0.1, 0.15) is 24.0 Å². The van der Waals surface area contributed by atoms with Crippen molar-refractivity contribution in [1.29, 1.82) is 0 Å². The van der Waals surface area contributed by atoms with Crippen LogP contribution < -0.4 is 5.73 Å². The van der Waals surface area contributed by atoms with Gasteiger partial charge in [-0.1, -0.05) is 23.4 Å². The average Bonchev–Trinajstić information content (AvgIpc) is 2.83. The fraction of sp³-hybridized carbons (Fsp3) is 0.533. The van der Waals surface area contributed by atoms with Crippen molar-refractivity contribution in [2.45, 2.75) is 25.4 Å². The zero-order valence-corrected chi connectivity index (χ0v) is 12.3. The van der Waals surface area contributed by atoms with Gasteiger partial charge in [-0.05, 0) is 45.1 Å². The van der Waals surface area contributed by atoms with Gasteiger partial charge < -0.3 is 20.7 Å². The standard InChI is InChI=1S/C15H24N4O/c1-18(11-14-7-4-8-19(14)2)10-12-5-3-6-13(9-12)15(16)17-20/h3,5-6,9,14,20H,4,7-8,10-11H2,1-2H3,(H2,16,17). The first-order valence-electron chi connectivity index (χ1n) is 7.06. The number of rotatable bonds is 5. The molecule has 20 heavy (non-hydrogen) atoms. The summed E-state index contributed by atoms with van der Waals surface area (Å²) in [6, 6.07) is 8.50. The van der Waals surface area contributed by atoms with Crippen LogP contribution >= 0.6 is 0 Å². The molecule has 0 saturated carbocycles. The molecule has 0 aliphatic carbocycles. The summed E-state index contributed by atoms with van der Waals surface area (Å²) in [4.78, 5) is 4.77. The number of likely N-dealkylation sites (N-methyl/N-ethyl adjacent to an activating group) is 2. The average molecular weight is 276 g/mol. The van der Waals surface area contributed by atoms with Gasteiger partial charge in [-0.3, -0.25) is 0 Å². The van der Waals surface area contributed by atoms with E-state index in [2.05, 4.69) is 35.1 Å². The van der Waals surface area contributed by atoms with E-state index < -0.39 is 0 Å². The highest BCUT2D eigenvalue weighted by Gasteiger charge is 2.21. The maximum Gasteiger partial charge on any atom is 0.170 e. The molecule has 2 rings (SSSR count). The summed E-state index contributed by atoms with van der Waals surface area (Å²) in [7, 11) is 4.34. The molecule has 0 spiro atoms. The quantitative estimate of drug-likeness (QED) is 0.368. The molecule has 1 unspecified atom stereocenters. The Morgan fingerprint density at radius 3 is 3.00 bits per heavy atom. The Morgan fingerprint density at radius 1 is 1.55 bits per heavy atom. The van der Waals surface area contributed by atoms with Crippen LogP contribution in [0.5, 0.6) is 0 Å². The van der Waals surface area contributed by atoms with E-state index in [-0.39, 0.29) is 5.84 Å². The second kappa shape index (κ2) is 6.72. The van der Waals surface area contributed by atoms with E-state index in [1.165, 1.54) is 24.9 Å². The van der Waals surface area contributed by atoms with Crippen molar-refractivity contribution in [2.24, 2.45) is 10.9 Å². The van der Waals surface area contributed by atoms with Crippen molar-refractivity contribution < 1.29 is 5.21 Å². The number of hydrogen-bond donors (Lipinski definition) is 2. The predicted octanol–water partition coefficient (Wildman–Crippen LogP) is 1.31. The van der Waals surface area contributed by atoms with E-state index >= 15 is 0 Å². The van der Waals surface area contributed by atoms with E-state index in [4.69, 9.17) is 10.9 Å². The zero-order chi connectivity index (χ0) is 14.5. The number of nitrogens with two attached hydrogens (primary N) is 1. The molecule has 1 aromatic rings. The molecule has 1 aliphatic heterocycles. The Kier molecular flexibility index (Phi) is 4.98. The van der Waals surface area contributed by atoms with Crippen molar-refractivity contribution in [3.63, 3.8) is 0 Å². The lowest BCUT2D eigenvalue weighted by molar-refractivity contribution is 0.215. The third-order valence-corrected chi connectivity index (χ3v) is 3.98. The number of nitrogens with zero attached hydrogens (tertiary/aromatic N) is 3. The van der Waals surface area contributed by atoms with Crippen molar-refractivity contribution in [1.82, 2.24) is 9.80 Å². The topological polar surface area (TPSA) is 65.1 Å². The highest BCUT2D eigenvalue weighted by Crippen LogP contribution is 2.16. The predicted molar refractivity (Wildman–Crippen MR) is 80.9 cm³/mol. The van der Waals surface area contributed by atoms with Gasteiger partial charge in [0.1, 0.15) is 0 Å². The molecule has 1 atom stereocenters. The lowest BCUT2D eigenvalue weighted by Crippen LogP contribution is -2.36. The largest absolute Gasteiger partial charge is 0.409 e. The molecule has 0 bridgehead atoms. The molecule has 3 N–H and O–H groups in total. The van der Waals surface area contributed by atoms with E-state index in [0.717, 1.165) is 18.7 Å². The molecule has 5 heteroatoms. The molecule has 0 amide bonds. The molecule has 1 saturated heterocycles. The van der Waals surface area contributed by atoms with Gasteiger partial charge >= 0.3 is 0 Å². The Bertz CT molecular complexity index is 475. The fourth-order valence-electron chi connectivity index (χ4n) is 2.83. The van der Waals surface area contributed by atoms with E-state index in [0.29, 0.717) is 6.04 Å². The van der Waals surface area contributed by atoms with Crippen LogP contribution in [0.2, 0.25) is 0 Å². The molecule has 110 valence electrons. The third kappa shape index (κ3) is 3.71. The summed E-state index contributed by atoms with van der Waals surface area (Å²) in [5, 5.41) is 11.8. The van der Waals surface area contributed by atoms with Crippen molar-refractivity contribution >= 4 is 5.84 Å². The van der Waals surface area contributed by atoms with Gasteiger partial charge in [0, 0.05) is 24.7 Å². The normalized spacial score (nSPS) is 20.8. The minimum Gasteiger partial charge on any atom is -0.409 e. The maximum absolute atomic E-state index is 8.73. The number of oxime groups is 1. The summed E-state index contributed by atoms with van der Waals surface area (Å²) in [5.41, 5.74) is 7.56. The van der Waals surface area contributed by atoms with Crippen LogP contribution in [0, 0.1) is 0 Å². The molecule has 5 nitrogen and oxygen atoms in total.